The van der Waals surface area contributed by atoms with Crippen molar-refractivity contribution in [2.45, 2.75) is 6.92 Å². The fourth-order valence-corrected chi connectivity index (χ4v) is 1.95. The number of aryl methyl sites for hydroxylation is 1. The molecule has 0 aliphatic carbocycles. The highest BCUT2D eigenvalue weighted by molar-refractivity contribution is 7.12. The van der Waals surface area contributed by atoms with Gasteiger partial charge in [0.15, 0.2) is 0 Å². The fraction of sp³-hybridized carbons (Fsp3) is 0.0909. The molecule has 2 aromatic rings. The molecule has 1 N–H and O–H groups in total. The summed E-state index contributed by atoms with van der Waals surface area (Å²) >= 11 is 7.19. The first-order valence-electron chi connectivity index (χ1n) is 4.64. The summed E-state index contributed by atoms with van der Waals surface area (Å²) in [6.07, 6.45) is 1.54. The molecule has 0 spiro atoms. The Labute approximate surface area is 102 Å². The predicted octanol–water partition coefficient (Wildman–Crippen LogP) is 3.36. The van der Waals surface area contributed by atoms with Gasteiger partial charge >= 0.3 is 0 Å². The summed E-state index contributed by atoms with van der Waals surface area (Å²) in [5, 5.41) is 5.08. The van der Waals surface area contributed by atoms with Gasteiger partial charge in [-0.2, -0.15) is 0 Å². The van der Waals surface area contributed by atoms with Crippen molar-refractivity contribution in [3.05, 3.63) is 45.4 Å². The highest BCUT2D eigenvalue weighted by Crippen LogP contribution is 2.17. The van der Waals surface area contributed by atoms with E-state index >= 15 is 0 Å². The number of nitrogens with one attached hydrogen (secondary N) is 1. The Morgan fingerprint density at radius 3 is 3.00 bits per heavy atom. The standard InChI is InChI=1S/C11H9ClN2OS/c1-7-5-8(6-13-10(7)12)14-11(15)9-3-2-4-16-9/h2-6H,1H3,(H,14,15). The van der Waals surface area contributed by atoms with Crippen molar-refractivity contribution in [2.24, 2.45) is 0 Å². The molecule has 2 heterocycles. The zero-order valence-corrected chi connectivity index (χ0v) is 10.1. The highest BCUT2D eigenvalue weighted by atomic mass is 35.5. The number of halogens is 1. The van der Waals surface area contributed by atoms with Crippen LogP contribution in [0.25, 0.3) is 0 Å². The van der Waals surface area contributed by atoms with Crippen LogP contribution in [0.3, 0.4) is 0 Å². The molecule has 0 fully saturated rings. The van der Waals surface area contributed by atoms with Crippen LogP contribution >= 0.6 is 22.9 Å². The van der Waals surface area contributed by atoms with E-state index in [0.29, 0.717) is 15.7 Å². The second-order valence-corrected chi connectivity index (χ2v) is 4.57. The van der Waals surface area contributed by atoms with E-state index in [2.05, 4.69) is 10.3 Å². The molecular weight excluding hydrogens is 244 g/mol. The molecule has 0 aliphatic rings. The summed E-state index contributed by atoms with van der Waals surface area (Å²) < 4.78 is 0. The van der Waals surface area contributed by atoms with Gasteiger partial charge in [0.05, 0.1) is 16.8 Å². The Morgan fingerprint density at radius 1 is 1.56 bits per heavy atom. The minimum Gasteiger partial charge on any atom is -0.320 e. The Hall–Kier alpha value is -1.39. The second kappa shape index (κ2) is 4.63. The third kappa shape index (κ3) is 2.40. The molecule has 1 amide bonds. The minimum absolute atomic E-state index is 0.126. The molecule has 2 aromatic heterocycles. The van der Waals surface area contributed by atoms with Gasteiger partial charge in [-0.1, -0.05) is 17.7 Å². The van der Waals surface area contributed by atoms with Crippen LogP contribution in [0.2, 0.25) is 5.15 Å². The van der Waals surface area contributed by atoms with Crippen molar-refractivity contribution in [3.63, 3.8) is 0 Å². The minimum atomic E-state index is -0.126. The van der Waals surface area contributed by atoms with E-state index in [1.54, 1.807) is 18.3 Å². The largest absolute Gasteiger partial charge is 0.320 e. The zero-order valence-electron chi connectivity index (χ0n) is 8.53. The number of carbonyl (C=O) groups excluding carboxylic acids is 1. The van der Waals surface area contributed by atoms with Gasteiger partial charge in [-0.15, -0.1) is 11.3 Å². The van der Waals surface area contributed by atoms with Crippen LogP contribution in [0.5, 0.6) is 0 Å². The van der Waals surface area contributed by atoms with Crippen LogP contribution in [0.4, 0.5) is 5.69 Å². The molecule has 2 rings (SSSR count). The van der Waals surface area contributed by atoms with Crippen LogP contribution in [0, 0.1) is 6.92 Å². The molecule has 0 radical (unpaired) electrons. The number of nitrogens with zero attached hydrogens (tertiary/aromatic N) is 1. The lowest BCUT2D eigenvalue weighted by atomic mass is 10.3. The Balaban J connectivity index is 2.15. The quantitative estimate of drug-likeness (QED) is 0.833. The SMILES string of the molecule is Cc1cc(NC(=O)c2cccs2)cnc1Cl. The summed E-state index contributed by atoms with van der Waals surface area (Å²) in [5.41, 5.74) is 1.49. The van der Waals surface area contributed by atoms with E-state index in [1.165, 1.54) is 11.3 Å². The Bertz CT molecular complexity index is 511. The van der Waals surface area contributed by atoms with Crippen molar-refractivity contribution in [1.29, 1.82) is 0 Å². The van der Waals surface area contributed by atoms with Gasteiger partial charge < -0.3 is 5.32 Å². The van der Waals surface area contributed by atoms with Crippen LogP contribution in [-0.4, -0.2) is 10.9 Å². The van der Waals surface area contributed by atoms with Gasteiger partial charge in [0, 0.05) is 0 Å². The first-order chi connectivity index (χ1) is 7.66. The summed E-state index contributed by atoms with van der Waals surface area (Å²) in [4.78, 5) is 16.4. The lowest BCUT2D eigenvalue weighted by molar-refractivity contribution is 0.103. The maximum atomic E-state index is 11.7. The number of thiophene rings is 1. The number of anilines is 1. The third-order valence-electron chi connectivity index (χ3n) is 2.02. The number of hydrogen-bond acceptors (Lipinski definition) is 3. The van der Waals surface area contributed by atoms with Gasteiger partial charge in [-0.05, 0) is 30.0 Å². The summed E-state index contributed by atoms with van der Waals surface area (Å²) in [6, 6.07) is 5.40. The predicted molar refractivity (Wildman–Crippen MR) is 66.3 cm³/mol. The summed E-state index contributed by atoms with van der Waals surface area (Å²) in [5.74, 6) is -0.126. The summed E-state index contributed by atoms with van der Waals surface area (Å²) in [6.45, 7) is 1.84. The van der Waals surface area contributed by atoms with Gasteiger partial charge in [-0.3, -0.25) is 4.79 Å². The van der Waals surface area contributed by atoms with Crippen molar-refractivity contribution in [3.8, 4) is 0 Å². The molecule has 16 heavy (non-hydrogen) atoms. The molecule has 3 nitrogen and oxygen atoms in total. The van der Waals surface area contributed by atoms with Crippen molar-refractivity contribution >= 4 is 34.5 Å². The van der Waals surface area contributed by atoms with Crippen molar-refractivity contribution in [2.75, 3.05) is 5.32 Å². The first kappa shape index (κ1) is 11.1. The monoisotopic (exact) mass is 252 g/mol. The van der Waals surface area contributed by atoms with Crippen molar-refractivity contribution in [1.82, 2.24) is 4.98 Å². The van der Waals surface area contributed by atoms with Gasteiger partial charge in [0.1, 0.15) is 5.15 Å². The van der Waals surface area contributed by atoms with Crippen LogP contribution in [0.1, 0.15) is 15.2 Å². The van der Waals surface area contributed by atoms with Crippen LogP contribution in [0.15, 0.2) is 29.8 Å². The topological polar surface area (TPSA) is 42.0 Å². The van der Waals surface area contributed by atoms with Gasteiger partial charge in [0.2, 0.25) is 0 Å². The molecule has 0 unspecified atom stereocenters. The highest BCUT2D eigenvalue weighted by Gasteiger charge is 2.07. The molecule has 5 heteroatoms. The normalized spacial score (nSPS) is 10.1. The number of pyridine rings is 1. The van der Waals surface area contributed by atoms with Gasteiger partial charge in [0.25, 0.3) is 5.91 Å². The molecule has 0 bridgehead atoms. The molecule has 82 valence electrons. The lowest BCUT2D eigenvalue weighted by Crippen LogP contribution is -2.10. The number of amides is 1. The average Bonchev–Trinajstić information content (AvgIpc) is 2.77. The average molecular weight is 253 g/mol. The second-order valence-electron chi connectivity index (χ2n) is 3.26. The van der Waals surface area contributed by atoms with Gasteiger partial charge in [-0.25, -0.2) is 4.98 Å². The van der Waals surface area contributed by atoms with E-state index in [9.17, 15) is 4.79 Å². The number of rotatable bonds is 2. The number of aromatic nitrogens is 1. The maximum Gasteiger partial charge on any atom is 0.265 e. The maximum absolute atomic E-state index is 11.7. The number of carbonyl (C=O) groups is 1. The molecule has 0 saturated heterocycles. The lowest BCUT2D eigenvalue weighted by Gasteiger charge is -2.04. The van der Waals surface area contributed by atoms with E-state index in [-0.39, 0.29) is 5.91 Å². The van der Waals surface area contributed by atoms with E-state index in [0.717, 1.165) is 5.56 Å². The van der Waals surface area contributed by atoms with E-state index < -0.39 is 0 Å². The smallest absolute Gasteiger partial charge is 0.265 e. The van der Waals surface area contributed by atoms with Crippen LogP contribution < -0.4 is 5.32 Å². The van der Waals surface area contributed by atoms with Crippen molar-refractivity contribution < 1.29 is 4.79 Å². The Morgan fingerprint density at radius 2 is 2.38 bits per heavy atom. The number of hydrogen-bond donors (Lipinski definition) is 1. The molecule has 0 atom stereocenters. The Kier molecular flexibility index (Phi) is 3.22. The zero-order chi connectivity index (χ0) is 11.5. The first-order valence-corrected chi connectivity index (χ1v) is 5.89. The fourth-order valence-electron chi connectivity index (χ4n) is 1.23. The summed E-state index contributed by atoms with van der Waals surface area (Å²) in [7, 11) is 0. The van der Waals surface area contributed by atoms with E-state index in [1.807, 2.05) is 18.4 Å². The molecule has 0 aliphatic heterocycles. The molecule has 0 saturated carbocycles. The van der Waals surface area contributed by atoms with E-state index in [4.69, 9.17) is 11.6 Å². The molecule has 0 aromatic carbocycles. The van der Waals surface area contributed by atoms with Crippen LogP contribution in [-0.2, 0) is 0 Å². The third-order valence-corrected chi connectivity index (χ3v) is 3.28. The molecular formula is C11H9ClN2OS.